The summed E-state index contributed by atoms with van der Waals surface area (Å²) in [6, 6.07) is 16.8. The first-order valence-corrected chi connectivity index (χ1v) is 7.12. The number of hydrogen-bond donors (Lipinski definition) is 1. The monoisotopic (exact) mass is 277 g/mol. The van der Waals surface area contributed by atoms with Crippen LogP contribution in [-0.2, 0) is 6.54 Å². The molecule has 0 atom stereocenters. The largest absolute Gasteiger partial charge is 0.381 e. The second-order valence-corrected chi connectivity index (χ2v) is 5.27. The topological polar surface area (TPSA) is 29.9 Å². The van der Waals surface area contributed by atoms with Gasteiger partial charge < -0.3 is 5.32 Å². The van der Waals surface area contributed by atoms with Crippen molar-refractivity contribution in [1.29, 1.82) is 0 Å². The van der Waals surface area contributed by atoms with Gasteiger partial charge in [0.2, 0.25) is 0 Å². The molecule has 0 saturated carbocycles. The average molecular weight is 277 g/mol. The molecule has 0 unspecified atom stereocenters. The number of rotatable bonds is 4. The van der Waals surface area contributed by atoms with Crippen molar-refractivity contribution in [2.45, 2.75) is 20.4 Å². The summed E-state index contributed by atoms with van der Waals surface area (Å²) in [5.74, 6) is 0. The molecule has 0 saturated heterocycles. The lowest BCUT2D eigenvalue weighted by molar-refractivity contribution is 0.880. The van der Waals surface area contributed by atoms with Crippen LogP contribution < -0.4 is 5.32 Å². The highest BCUT2D eigenvalue weighted by atomic mass is 15.3. The minimum Gasteiger partial charge on any atom is -0.381 e. The van der Waals surface area contributed by atoms with E-state index >= 15 is 0 Å². The van der Waals surface area contributed by atoms with Crippen molar-refractivity contribution >= 4 is 5.69 Å². The third kappa shape index (κ3) is 3.14. The predicted octanol–water partition coefficient (Wildman–Crippen LogP) is 4.10. The van der Waals surface area contributed by atoms with Crippen molar-refractivity contribution in [2.24, 2.45) is 0 Å². The van der Waals surface area contributed by atoms with Crippen LogP contribution in [0.15, 0.2) is 60.9 Å². The van der Waals surface area contributed by atoms with Crippen molar-refractivity contribution in [1.82, 2.24) is 9.78 Å². The summed E-state index contributed by atoms with van der Waals surface area (Å²) in [6.07, 6.45) is 3.73. The first kappa shape index (κ1) is 13.4. The van der Waals surface area contributed by atoms with E-state index in [0.29, 0.717) is 0 Å². The highest BCUT2D eigenvalue weighted by molar-refractivity contribution is 5.49. The Bertz CT molecular complexity index is 713. The standard InChI is InChI=1S/C18H19N3/c1-14-4-5-16(12-15(14)2)13-19-17-6-8-18(9-7-17)21-11-3-10-20-21/h3-12,19H,13H2,1-2H3. The second-order valence-electron chi connectivity index (χ2n) is 5.27. The van der Waals surface area contributed by atoms with Gasteiger partial charge in [-0.2, -0.15) is 5.10 Å². The number of anilines is 1. The second kappa shape index (κ2) is 5.83. The molecule has 0 fully saturated rings. The van der Waals surface area contributed by atoms with Crippen LogP contribution >= 0.6 is 0 Å². The van der Waals surface area contributed by atoms with Gasteiger partial charge in [0, 0.05) is 24.6 Å². The summed E-state index contributed by atoms with van der Waals surface area (Å²) in [5.41, 5.74) is 6.15. The van der Waals surface area contributed by atoms with Gasteiger partial charge >= 0.3 is 0 Å². The Kier molecular flexibility index (Phi) is 3.73. The molecule has 0 spiro atoms. The van der Waals surface area contributed by atoms with E-state index < -0.39 is 0 Å². The normalized spacial score (nSPS) is 10.6. The van der Waals surface area contributed by atoms with Crippen molar-refractivity contribution in [2.75, 3.05) is 5.32 Å². The smallest absolute Gasteiger partial charge is 0.0647 e. The summed E-state index contributed by atoms with van der Waals surface area (Å²) < 4.78 is 1.85. The molecular weight excluding hydrogens is 258 g/mol. The van der Waals surface area contributed by atoms with Crippen molar-refractivity contribution in [3.8, 4) is 5.69 Å². The van der Waals surface area contributed by atoms with Crippen LogP contribution in [0.2, 0.25) is 0 Å². The summed E-state index contributed by atoms with van der Waals surface area (Å²) in [5, 5.41) is 7.67. The molecule has 0 aliphatic rings. The molecule has 2 aromatic carbocycles. The Morgan fingerprint density at radius 2 is 1.81 bits per heavy atom. The zero-order valence-corrected chi connectivity index (χ0v) is 12.4. The van der Waals surface area contributed by atoms with Crippen molar-refractivity contribution in [3.63, 3.8) is 0 Å². The Morgan fingerprint density at radius 1 is 1.00 bits per heavy atom. The molecule has 0 radical (unpaired) electrons. The molecule has 0 aliphatic carbocycles. The maximum atomic E-state index is 4.22. The molecule has 0 aliphatic heterocycles. The third-order valence-electron chi connectivity index (χ3n) is 3.70. The van der Waals surface area contributed by atoms with Gasteiger partial charge in [-0.05, 0) is 60.9 Å². The number of aryl methyl sites for hydroxylation is 2. The maximum Gasteiger partial charge on any atom is 0.0647 e. The average Bonchev–Trinajstić information content (AvgIpc) is 3.03. The fourth-order valence-corrected chi connectivity index (χ4v) is 2.27. The van der Waals surface area contributed by atoms with Gasteiger partial charge in [0.1, 0.15) is 0 Å². The molecule has 1 heterocycles. The lowest BCUT2D eigenvalue weighted by Gasteiger charge is -2.09. The molecular formula is C18H19N3. The molecule has 3 nitrogen and oxygen atoms in total. The SMILES string of the molecule is Cc1ccc(CNc2ccc(-n3cccn3)cc2)cc1C. The quantitative estimate of drug-likeness (QED) is 0.778. The van der Waals surface area contributed by atoms with Crippen molar-refractivity contribution < 1.29 is 0 Å². The fourth-order valence-electron chi connectivity index (χ4n) is 2.27. The molecule has 3 rings (SSSR count). The minimum absolute atomic E-state index is 0.836. The number of hydrogen-bond acceptors (Lipinski definition) is 2. The Morgan fingerprint density at radius 3 is 2.48 bits per heavy atom. The molecule has 106 valence electrons. The summed E-state index contributed by atoms with van der Waals surface area (Å²) in [7, 11) is 0. The van der Waals surface area contributed by atoms with Crippen LogP contribution in [-0.4, -0.2) is 9.78 Å². The highest BCUT2D eigenvalue weighted by Gasteiger charge is 1.99. The Labute approximate surface area is 125 Å². The van der Waals surface area contributed by atoms with E-state index in [4.69, 9.17) is 0 Å². The lowest BCUT2D eigenvalue weighted by atomic mass is 10.1. The van der Waals surface area contributed by atoms with Crippen LogP contribution in [0.3, 0.4) is 0 Å². The van der Waals surface area contributed by atoms with E-state index in [-0.39, 0.29) is 0 Å². The summed E-state index contributed by atoms with van der Waals surface area (Å²) >= 11 is 0. The van der Waals surface area contributed by atoms with Crippen LogP contribution in [0.1, 0.15) is 16.7 Å². The van der Waals surface area contributed by atoms with Gasteiger partial charge in [0.25, 0.3) is 0 Å². The van der Waals surface area contributed by atoms with E-state index in [1.54, 1.807) is 6.20 Å². The Balaban J connectivity index is 1.66. The highest BCUT2D eigenvalue weighted by Crippen LogP contribution is 2.15. The minimum atomic E-state index is 0.836. The lowest BCUT2D eigenvalue weighted by Crippen LogP contribution is -2.01. The van der Waals surface area contributed by atoms with E-state index in [9.17, 15) is 0 Å². The molecule has 3 heteroatoms. The third-order valence-corrected chi connectivity index (χ3v) is 3.70. The molecule has 0 bridgehead atoms. The summed E-state index contributed by atoms with van der Waals surface area (Å²) in [4.78, 5) is 0. The van der Waals surface area contributed by atoms with Gasteiger partial charge in [0.15, 0.2) is 0 Å². The van der Waals surface area contributed by atoms with Crippen molar-refractivity contribution in [3.05, 3.63) is 77.6 Å². The summed E-state index contributed by atoms with van der Waals surface area (Å²) in [6.45, 7) is 5.13. The van der Waals surface area contributed by atoms with Crippen LogP contribution in [0.4, 0.5) is 5.69 Å². The van der Waals surface area contributed by atoms with Crippen LogP contribution in [0.5, 0.6) is 0 Å². The van der Waals surface area contributed by atoms with E-state index in [1.807, 2.05) is 16.9 Å². The van der Waals surface area contributed by atoms with E-state index in [2.05, 4.69) is 66.7 Å². The van der Waals surface area contributed by atoms with Gasteiger partial charge in [-0.25, -0.2) is 4.68 Å². The molecule has 3 aromatic rings. The molecule has 21 heavy (non-hydrogen) atoms. The van der Waals surface area contributed by atoms with Crippen LogP contribution in [0, 0.1) is 13.8 Å². The van der Waals surface area contributed by atoms with Gasteiger partial charge in [-0.3, -0.25) is 0 Å². The zero-order chi connectivity index (χ0) is 14.7. The molecule has 1 aromatic heterocycles. The van der Waals surface area contributed by atoms with Gasteiger partial charge in [-0.15, -0.1) is 0 Å². The molecule has 0 amide bonds. The van der Waals surface area contributed by atoms with E-state index in [0.717, 1.165) is 17.9 Å². The zero-order valence-electron chi connectivity index (χ0n) is 12.4. The van der Waals surface area contributed by atoms with Crippen LogP contribution in [0.25, 0.3) is 5.69 Å². The first-order chi connectivity index (χ1) is 10.2. The number of nitrogens with one attached hydrogen (secondary N) is 1. The van der Waals surface area contributed by atoms with Gasteiger partial charge in [-0.1, -0.05) is 18.2 Å². The van der Waals surface area contributed by atoms with E-state index in [1.165, 1.54) is 16.7 Å². The fraction of sp³-hybridized carbons (Fsp3) is 0.167. The molecule has 1 N–H and O–H groups in total. The predicted molar refractivity (Wildman–Crippen MR) is 86.8 cm³/mol. The number of benzene rings is 2. The number of aromatic nitrogens is 2. The maximum absolute atomic E-state index is 4.22. The Hall–Kier alpha value is -2.55. The van der Waals surface area contributed by atoms with Gasteiger partial charge in [0.05, 0.1) is 5.69 Å². The number of nitrogens with zero attached hydrogens (tertiary/aromatic N) is 2. The first-order valence-electron chi connectivity index (χ1n) is 7.12.